The standard InChI is InChI=1S/C19H28N4O6S/c1-21(10-9-17(27)29-23-15(25)7-8-16(23)26)14(24)6-4-3-5-13-18-12(11-30-13)20-19(28)22(18)2/h7-8,12-13,18,25-26H,3-6,9-11H2,1-2H3,(H,20,28). The smallest absolute Gasteiger partial charge is 0.335 e. The zero-order valence-corrected chi connectivity index (χ0v) is 17.9. The molecular weight excluding hydrogens is 412 g/mol. The Balaban J connectivity index is 1.32. The quantitative estimate of drug-likeness (QED) is 0.383. The normalized spacial score (nSPS) is 22.7. The van der Waals surface area contributed by atoms with Crippen LogP contribution >= 0.6 is 11.8 Å². The molecule has 2 fully saturated rings. The number of aromatic nitrogens is 1. The molecule has 2 saturated heterocycles. The molecule has 0 aliphatic carbocycles. The molecular formula is C19H28N4O6S. The van der Waals surface area contributed by atoms with Crippen LogP contribution in [0, 0.1) is 0 Å². The van der Waals surface area contributed by atoms with Crippen molar-refractivity contribution in [3.63, 3.8) is 0 Å². The number of aromatic hydroxyl groups is 2. The molecule has 3 rings (SSSR count). The van der Waals surface area contributed by atoms with Crippen LogP contribution in [0.5, 0.6) is 11.8 Å². The molecule has 3 N–H and O–H groups in total. The van der Waals surface area contributed by atoms with Gasteiger partial charge in [-0.1, -0.05) is 6.42 Å². The molecule has 3 amide bonds. The first-order valence-corrected chi connectivity index (χ1v) is 11.0. The summed E-state index contributed by atoms with van der Waals surface area (Å²) in [6.45, 7) is 0.182. The number of nitrogens with zero attached hydrogens (tertiary/aromatic N) is 3. The minimum Gasteiger partial charge on any atom is -0.492 e. The van der Waals surface area contributed by atoms with Crippen LogP contribution in [-0.4, -0.2) is 86.4 Å². The summed E-state index contributed by atoms with van der Waals surface area (Å²) in [5.74, 6) is -0.571. The number of rotatable bonds is 9. The molecule has 11 heteroatoms. The Morgan fingerprint density at radius 3 is 2.67 bits per heavy atom. The molecule has 3 atom stereocenters. The molecule has 3 heterocycles. The lowest BCUT2D eigenvalue weighted by Crippen LogP contribution is -2.38. The predicted molar refractivity (Wildman–Crippen MR) is 110 cm³/mol. The number of unbranched alkanes of at least 4 members (excludes halogenated alkanes) is 1. The minimum atomic E-state index is -0.673. The van der Waals surface area contributed by atoms with Crippen molar-refractivity contribution in [2.75, 3.05) is 26.4 Å². The zero-order chi connectivity index (χ0) is 21.8. The van der Waals surface area contributed by atoms with Gasteiger partial charge in [-0.15, -0.1) is 4.73 Å². The molecule has 166 valence electrons. The van der Waals surface area contributed by atoms with Crippen LogP contribution in [0.2, 0.25) is 0 Å². The van der Waals surface area contributed by atoms with E-state index < -0.39 is 5.97 Å². The van der Waals surface area contributed by atoms with Crippen molar-refractivity contribution in [2.45, 2.75) is 49.4 Å². The van der Waals surface area contributed by atoms with Crippen molar-refractivity contribution in [3.8, 4) is 11.8 Å². The van der Waals surface area contributed by atoms with Gasteiger partial charge >= 0.3 is 12.0 Å². The number of carbonyl (C=O) groups excluding carboxylic acids is 3. The largest absolute Gasteiger partial charge is 0.492 e. The summed E-state index contributed by atoms with van der Waals surface area (Å²) in [6.07, 6.45) is 2.94. The van der Waals surface area contributed by atoms with Crippen molar-refractivity contribution < 1.29 is 29.4 Å². The van der Waals surface area contributed by atoms with Gasteiger partial charge in [-0.3, -0.25) is 4.79 Å². The number of hydrogen-bond acceptors (Lipinski definition) is 7. The van der Waals surface area contributed by atoms with Gasteiger partial charge in [-0.25, -0.2) is 9.59 Å². The zero-order valence-electron chi connectivity index (χ0n) is 17.1. The molecule has 3 unspecified atom stereocenters. The lowest BCUT2D eigenvalue weighted by molar-refractivity contribution is -0.146. The lowest BCUT2D eigenvalue weighted by Gasteiger charge is -2.23. The van der Waals surface area contributed by atoms with Crippen LogP contribution in [0.15, 0.2) is 12.1 Å². The molecule has 10 nitrogen and oxygen atoms in total. The summed E-state index contributed by atoms with van der Waals surface area (Å²) < 4.78 is 0.626. The Hall–Kier alpha value is -2.56. The Bertz CT molecular complexity index is 780. The summed E-state index contributed by atoms with van der Waals surface area (Å²) >= 11 is 1.88. The average Bonchev–Trinajstić information content (AvgIpc) is 3.34. The van der Waals surface area contributed by atoms with Crippen LogP contribution < -0.4 is 10.2 Å². The molecule has 0 spiro atoms. The van der Waals surface area contributed by atoms with Crippen LogP contribution in [-0.2, 0) is 9.59 Å². The van der Waals surface area contributed by atoms with Crippen LogP contribution in [0.3, 0.4) is 0 Å². The number of urea groups is 1. The summed E-state index contributed by atoms with van der Waals surface area (Å²) in [5, 5.41) is 22.3. The highest BCUT2D eigenvalue weighted by atomic mass is 32.2. The number of hydrogen-bond donors (Lipinski definition) is 3. The number of carbonyl (C=O) groups is 3. The highest BCUT2D eigenvalue weighted by Crippen LogP contribution is 2.36. The third-order valence-electron chi connectivity index (χ3n) is 5.56. The van der Waals surface area contributed by atoms with Crippen LogP contribution in [0.4, 0.5) is 4.79 Å². The summed E-state index contributed by atoms with van der Waals surface area (Å²) in [5.41, 5.74) is 0. The second-order valence-corrected chi connectivity index (χ2v) is 8.92. The maximum absolute atomic E-state index is 12.3. The maximum Gasteiger partial charge on any atom is 0.335 e. The summed E-state index contributed by atoms with van der Waals surface area (Å²) in [4.78, 5) is 44.0. The SMILES string of the molecule is CN(CCC(=O)On1c(O)ccc1O)C(=O)CCCCC1SCC2NC(=O)N(C)C21. The fourth-order valence-corrected chi connectivity index (χ4v) is 5.46. The molecule has 0 radical (unpaired) electrons. The monoisotopic (exact) mass is 440 g/mol. The van der Waals surface area contributed by atoms with Gasteiger partial charge in [0.05, 0.1) is 18.5 Å². The lowest BCUT2D eigenvalue weighted by atomic mass is 10.0. The van der Waals surface area contributed by atoms with Crippen LogP contribution in [0.1, 0.15) is 32.1 Å². The Labute approximate surface area is 179 Å². The van der Waals surface area contributed by atoms with Gasteiger partial charge in [0.25, 0.3) is 0 Å². The molecule has 0 saturated carbocycles. The van der Waals surface area contributed by atoms with E-state index in [1.165, 1.54) is 17.0 Å². The molecule has 1 aromatic rings. The van der Waals surface area contributed by atoms with E-state index in [0.717, 1.165) is 25.0 Å². The van der Waals surface area contributed by atoms with E-state index >= 15 is 0 Å². The Kier molecular flexibility index (Phi) is 7.01. The van der Waals surface area contributed by atoms with Crippen molar-refractivity contribution in [3.05, 3.63) is 12.1 Å². The number of fused-ring (bicyclic) bond motifs is 1. The van der Waals surface area contributed by atoms with Gasteiger partial charge < -0.3 is 30.2 Å². The van der Waals surface area contributed by atoms with Gasteiger partial charge in [0.2, 0.25) is 17.7 Å². The Morgan fingerprint density at radius 1 is 1.27 bits per heavy atom. The second kappa shape index (κ2) is 9.50. The fourth-order valence-electron chi connectivity index (χ4n) is 3.82. The van der Waals surface area contributed by atoms with E-state index in [2.05, 4.69) is 5.32 Å². The van der Waals surface area contributed by atoms with Gasteiger partial charge in [0, 0.05) is 50.2 Å². The molecule has 2 aliphatic rings. The topological polar surface area (TPSA) is 124 Å². The van der Waals surface area contributed by atoms with Gasteiger partial charge in [-0.2, -0.15) is 11.8 Å². The second-order valence-electron chi connectivity index (χ2n) is 7.65. The van der Waals surface area contributed by atoms with Crippen molar-refractivity contribution in [2.24, 2.45) is 0 Å². The first-order chi connectivity index (χ1) is 14.3. The average molecular weight is 441 g/mol. The molecule has 0 aromatic carbocycles. The summed E-state index contributed by atoms with van der Waals surface area (Å²) in [7, 11) is 3.46. The van der Waals surface area contributed by atoms with E-state index in [4.69, 9.17) is 4.84 Å². The molecule has 2 aliphatic heterocycles. The third kappa shape index (κ3) is 4.94. The van der Waals surface area contributed by atoms with Crippen LogP contribution in [0.25, 0.3) is 0 Å². The summed E-state index contributed by atoms with van der Waals surface area (Å²) in [6, 6.07) is 2.84. The number of thioether (sulfide) groups is 1. The molecule has 1 aromatic heterocycles. The van der Waals surface area contributed by atoms with Crippen molar-refractivity contribution in [1.82, 2.24) is 19.8 Å². The first kappa shape index (κ1) is 22.1. The van der Waals surface area contributed by atoms with E-state index in [1.54, 1.807) is 11.9 Å². The first-order valence-electron chi connectivity index (χ1n) is 9.97. The van der Waals surface area contributed by atoms with Crippen molar-refractivity contribution >= 4 is 29.7 Å². The predicted octanol–water partition coefficient (Wildman–Crippen LogP) is 0.771. The fraction of sp³-hybridized carbons (Fsp3) is 0.632. The highest BCUT2D eigenvalue weighted by Gasteiger charge is 2.46. The number of nitrogens with one attached hydrogen (secondary N) is 1. The van der Waals surface area contributed by atoms with E-state index in [0.29, 0.717) is 16.4 Å². The van der Waals surface area contributed by atoms with Gasteiger partial charge in [0.1, 0.15) is 0 Å². The third-order valence-corrected chi connectivity index (χ3v) is 7.05. The maximum atomic E-state index is 12.3. The number of likely N-dealkylation sites (N-methyl/N-ethyl adjacent to an activating group) is 1. The Morgan fingerprint density at radius 2 is 1.97 bits per heavy atom. The van der Waals surface area contributed by atoms with E-state index in [-0.39, 0.29) is 48.7 Å². The van der Waals surface area contributed by atoms with Gasteiger partial charge in [-0.05, 0) is 12.8 Å². The highest BCUT2D eigenvalue weighted by molar-refractivity contribution is 8.00. The van der Waals surface area contributed by atoms with Gasteiger partial charge in [0.15, 0.2) is 0 Å². The van der Waals surface area contributed by atoms with Crippen molar-refractivity contribution in [1.29, 1.82) is 0 Å². The number of amides is 3. The molecule has 30 heavy (non-hydrogen) atoms. The molecule has 0 bridgehead atoms. The van der Waals surface area contributed by atoms with E-state index in [1.807, 2.05) is 18.8 Å². The van der Waals surface area contributed by atoms with E-state index in [9.17, 15) is 24.6 Å². The minimum absolute atomic E-state index is 0.00664.